The minimum absolute atomic E-state index is 0.639. The highest BCUT2D eigenvalue weighted by Crippen LogP contribution is 2.68. The molecule has 6 heavy (non-hydrogen) atoms. The maximum atomic E-state index is 3.83. The lowest BCUT2D eigenvalue weighted by molar-refractivity contribution is 1.02. The van der Waals surface area contributed by atoms with E-state index < -0.39 is 0 Å². The van der Waals surface area contributed by atoms with Crippen molar-refractivity contribution in [2.24, 2.45) is 5.41 Å². The van der Waals surface area contributed by atoms with Crippen molar-refractivity contribution in [3.8, 4) is 0 Å². The van der Waals surface area contributed by atoms with Gasteiger partial charge in [0.25, 0.3) is 0 Å². The largest absolute Gasteiger partial charge is 0.0989 e. The zero-order chi connectivity index (χ0) is 4.20. The Bertz CT molecular complexity index is 107. The fraction of sp³-hybridized carbons (Fsp3) is 0.500. The molecule has 0 heteroatoms. The third-order valence-electron chi connectivity index (χ3n) is 1.80. The minimum Gasteiger partial charge on any atom is -0.0989 e. The van der Waals surface area contributed by atoms with Gasteiger partial charge in [0.05, 0.1) is 0 Å². The van der Waals surface area contributed by atoms with E-state index in [1.54, 1.807) is 0 Å². The zero-order valence-corrected chi connectivity index (χ0v) is 3.70. The highest BCUT2D eigenvalue weighted by molar-refractivity contribution is 5.50. The van der Waals surface area contributed by atoms with Crippen LogP contribution in [0.1, 0.15) is 12.8 Å². The van der Waals surface area contributed by atoms with Crippen LogP contribution in [0.25, 0.3) is 0 Å². The molecule has 0 heterocycles. The standard InChI is InChI=1S/C6H7/c1-5-4-6(5)2-3-6/h4H,1-3H2. The van der Waals surface area contributed by atoms with Gasteiger partial charge in [-0.2, -0.15) is 0 Å². The summed E-state index contributed by atoms with van der Waals surface area (Å²) in [5, 5.41) is 0. The van der Waals surface area contributed by atoms with E-state index in [1.807, 2.05) is 0 Å². The highest BCUT2D eigenvalue weighted by atomic mass is 14.6. The summed E-state index contributed by atoms with van der Waals surface area (Å²) in [7, 11) is 0. The third-order valence-corrected chi connectivity index (χ3v) is 1.80. The summed E-state index contributed by atoms with van der Waals surface area (Å²) >= 11 is 0. The molecule has 0 bridgehead atoms. The Hall–Kier alpha value is -0.260. The summed E-state index contributed by atoms with van der Waals surface area (Å²) in [6, 6.07) is 0. The van der Waals surface area contributed by atoms with Crippen LogP contribution in [-0.2, 0) is 0 Å². The number of rotatable bonds is 0. The number of allylic oxidation sites excluding steroid dienone is 1. The summed E-state index contributed by atoms with van der Waals surface area (Å²) in [5.41, 5.74) is 2.03. The van der Waals surface area contributed by atoms with Gasteiger partial charge in [0, 0.05) is 0 Å². The van der Waals surface area contributed by atoms with Crippen LogP contribution in [0, 0.1) is 11.8 Å². The van der Waals surface area contributed by atoms with Gasteiger partial charge in [-0.15, -0.1) is 0 Å². The molecule has 0 unspecified atom stereocenters. The van der Waals surface area contributed by atoms with E-state index in [0.29, 0.717) is 5.41 Å². The molecule has 31 valence electrons. The molecule has 1 spiro atoms. The maximum absolute atomic E-state index is 3.83. The second-order valence-corrected chi connectivity index (χ2v) is 2.33. The molecule has 2 fully saturated rings. The van der Waals surface area contributed by atoms with Gasteiger partial charge < -0.3 is 0 Å². The molecular weight excluding hydrogens is 72.1 g/mol. The van der Waals surface area contributed by atoms with Crippen LogP contribution in [0.3, 0.4) is 0 Å². The summed E-state index contributed by atoms with van der Waals surface area (Å²) in [6.45, 7) is 3.83. The minimum atomic E-state index is 0.639. The van der Waals surface area contributed by atoms with E-state index in [0.717, 1.165) is 0 Å². The monoisotopic (exact) mass is 79.1 g/mol. The quantitative estimate of drug-likeness (QED) is 0.413. The van der Waals surface area contributed by atoms with Gasteiger partial charge >= 0.3 is 0 Å². The Morgan fingerprint density at radius 1 is 1.67 bits per heavy atom. The molecule has 2 rings (SSSR count). The summed E-state index contributed by atoms with van der Waals surface area (Å²) in [5.74, 6) is 0. The Morgan fingerprint density at radius 3 is 2.17 bits per heavy atom. The summed E-state index contributed by atoms with van der Waals surface area (Å²) in [4.78, 5) is 0. The SMILES string of the molecule is C=C1[CH]C12CC2. The first-order valence-electron chi connectivity index (χ1n) is 2.39. The molecule has 0 N–H and O–H groups in total. The average molecular weight is 79.1 g/mol. The molecule has 2 aliphatic rings. The van der Waals surface area contributed by atoms with Crippen LogP contribution in [-0.4, -0.2) is 0 Å². The smallest absolute Gasteiger partial charge is 0.00152 e. The molecule has 0 atom stereocenters. The van der Waals surface area contributed by atoms with Crippen LogP contribution in [0.2, 0.25) is 0 Å². The first kappa shape index (κ1) is 2.84. The zero-order valence-electron chi connectivity index (χ0n) is 3.70. The van der Waals surface area contributed by atoms with E-state index in [9.17, 15) is 0 Å². The van der Waals surface area contributed by atoms with Gasteiger partial charge in [-0.3, -0.25) is 0 Å². The summed E-state index contributed by atoms with van der Waals surface area (Å²) < 4.78 is 0. The molecule has 0 aromatic carbocycles. The second-order valence-electron chi connectivity index (χ2n) is 2.33. The molecule has 0 aromatic heterocycles. The first-order valence-corrected chi connectivity index (χ1v) is 2.39. The Balaban J connectivity index is 2.36. The average Bonchev–Trinajstić information content (AvgIpc) is 2.25. The van der Waals surface area contributed by atoms with Crippen molar-refractivity contribution in [3.05, 3.63) is 18.6 Å². The molecule has 0 saturated heterocycles. The van der Waals surface area contributed by atoms with Crippen LogP contribution < -0.4 is 0 Å². The molecule has 1 radical (unpaired) electrons. The van der Waals surface area contributed by atoms with Gasteiger partial charge in [-0.05, 0) is 24.7 Å². The Morgan fingerprint density at radius 2 is 2.17 bits per heavy atom. The van der Waals surface area contributed by atoms with Gasteiger partial charge in [0.1, 0.15) is 0 Å². The lowest BCUT2D eigenvalue weighted by Gasteiger charge is -1.63. The van der Waals surface area contributed by atoms with Gasteiger partial charge in [-0.1, -0.05) is 12.2 Å². The van der Waals surface area contributed by atoms with Crippen LogP contribution >= 0.6 is 0 Å². The first-order chi connectivity index (χ1) is 2.83. The van der Waals surface area contributed by atoms with Crippen molar-refractivity contribution < 1.29 is 0 Å². The molecule has 0 amide bonds. The number of hydrogen-bond acceptors (Lipinski definition) is 0. The topological polar surface area (TPSA) is 0 Å². The van der Waals surface area contributed by atoms with E-state index in [-0.39, 0.29) is 0 Å². The van der Waals surface area contributed by atoms with Crippen molar-refractivity contribution in [2.75, 3.05) is 0 Å². The van der Waals surface area contributed by atoms with Crippen LogP contribution in [0.15, 0.2) is 12.2 Å². The second kappa shape index (κ2) is 0.481. The van der Waals surface area contributed by atoms with Crippen LogP contribution in [0.5, 0.6) is 0 Å². The molecule has 0 aliphatic heterocycles. The lowest BCUT2D eigenvalue weighted by atomic mass is 10.4. The third kappa shape index (κ3) is 0.149. The maximum Gasteiger partial charge on any atom is -0.00152 e. The predicted octanol–water partition coefficient (Wildman–Crippen LogP) is 1.54. The predicted molar refractivity (Wildman–Crippen MR) is 25.1 cm³/mol. The fourth-order valence-corrected chi connectivity index (χ4v) is 0.898. The van der Waals surface area contributed by atoms with Crippen molar-refractivity contribution in [3.63, 3.8) is 0 Å². The van der Waals surface area contributed by atoms with Gasteiger partial charge in [-0.25, -0.2) is 0 Å². The number of hydrogen-bond donors (Lipinski definition) is 0. The molecule has 0 nitrogen and oxygen atoms in total. The Kier molecular flexibility index (Phi) is 0.228. The van der Waals surface area contributed by atoms with Crippen molar-refractivity contribution in [2.45, 2.75) is 12.8 Å². The van der Waals surface area contributed by atoms with E-state index in [4.69, 9.17) is 0 Å². The summed E-state index contributed by atoms with van der Waals surface area (Å²) in [6.07, 6.45) is 5.06. The molecular formula is C6H7. The van der Waals surface area contributed by atoms with Crippen molar-refractivity contribution in [1.29, 1.82) is 0 Å². The van der Waals surface area contributed by atoms with Crippen molar-refractivity contribution >= 4 is 0 Å². The van der Waals surface area contributed by atoms with E-state index in [2.05, 4.69) is 13.0 Å². The van der Waals surface area contributed by atoms with Crippen LogP contribution in [0.4, 0.5) is 0 Å². The fourth-order valence-electron chi connectivity index (χ4n) is 0.898. The lowest BCUT2D eigenvalue weighted by Crippen LogP contribution is -1.54. The van der Waals surface area contributed by atoms with Gasteiger partial charge in [0.2, 0.25) is 0 Å². The van der Waals surface area contributed by atoms with Gasteiger partial charge in [0.15, 0.2) is 0 Å². The highest BCUT2D eigenvalue weighted by Gasteiger charge is 2.57. The van der Waals surface area contributed by atoms with E-state index in [1.165, 1.54) is 18.4 Å². The van der Waals surface area contributed by atoms with E-state index >= 15 is 0 Å². The van der Waals surface area contributed by atoms with Crippen molar-refractivity contribution in [1.82, 2.24) is 0 Å². The normalized spacial score (nSPS) is 34.3. The molecule has 2 aliphatic carbocycles. The molecule has 2 saturated carbocycles. The Labute approximate surface area is 37.9 Å². The molecule has 0 aromatic rings.